The van der Waals surface area contributed by atoms with Gasteiger partial charge in [-0.15, -0.1) is 11.3 Å². The summed E-state index contributed by atoms with van der Waals surface area (Å²) in [7, 11) is 1.41. The Labute approximate surface area is 116 Å². The molecule has 2 N–H and O–H groups in total. The van der Waals surface area contributed by atoms with E-state index in [0.717, 1.165) is 29.8 Å². The first kappa shape index (κ1) is 13.8. The number of hydrogen-bond donors (Lipinski definition) is 1. The average molecular weight is 278 g/mol. The minimum Gasteiger partial charge on any atom is -0.465 e. The Bertz CT molecular complexity index is 532. The molecule has 0 fully saturated rings. The Morgan fingerprint density at radius 1 is 1.42 bits per heavy atom. The Kier molecular flexibility index (Phi) is 4.76. The van der Waals surface area contributed by atoms with Crippen molar-refractivity contribution in [3.8, 4) is 10.4 Å². The van der Waals surface area contributed by atoms with E-state index in [1.165, 1.54) is 7.11 Å². The van der Waals surface area contributed by atoms with Gasteiger partial charge in [0.15, 0.2) is 0 Å². The molecule has 0 aliphatic rings. The second-order valence-electron chi connectivity index (χ2n) is 4.29. The number of ether oxygens (including phenoxy) is 1. The Morgan fingerprint density at radius 3 is 2.89 bits per heavy atom. The fourth-order valence-corrected chi connectivity index (χ4v) is 2.73. The van der Waals surface area contributed by atoms with Gasteiger partial charge < -0.3 is 15.0 Å². The lowest BCUT2D eigenvalue weighted by Gasteiger charge is -2.00. The highest BCUT2D eigenvalue weighted by Crippen LogP contribution is 2.29. The number of aromatic nitrogens is 1. The molecule has 0 aromatic carbocycles. The van der Waals surface area contributed by atoms with E-state index >= 15 is 0 Å². The number of carbonyl (C=O) groups is 1. The molecule has 19 heavy (non-hydrogen) atoms. The van der Waals surface area contributed by atoms with Crippen LogP contribution in [-0.2, 0) is 11.3 Å². The van der Waals surface area contributed by atoms with Crippen molar-refractivity contribution >= 4 is 17.3 Å². The van der Waals surface area contributed by atoms with Crippen molar-refractivity contribution in [3.05, 3.63) is 35.5 Å². The number of aryl methyl sites for hydroxylation is 1. The number of thiophene rings is 1. The standard InChI is InChI=1S/C14H18N2O2S/c1-18-14(17)12-10-16(7-3-2-6-15)9-11(12)13-5-4-8-19-13/h4-5,8-10H,2-3,6-7,15H2,1H3. The minimum absolute atomic E-state index is 0.291. The molecule has 0 saturated carbocycles. The summed E-state index contributed by atoms with van der Waals surface area (Å²) >= 11 is 1.62. The zero-order valence-electron chi connectivity index (χ0n) is 11.0. The molecule has 0 unspecified atom stereocenters. The van der Waals surface area contributed by atoms with Gasteiger partial charge in [-0.1, -0.05) is 6.07 Å². The van der Waals surface area contributed by atoms with Crippen molar-refractivity contribution in [2.24, 2.45) is 5.73 Å². The molecule has 0 aliphatic heterocycles. The van der Waals surface area contributed by atoms with E-state index in [1.54, 1.807) is 11.3 Å². The van der Waals surface area contributed by atoms with Crippen LogP contribution in [0.3, 0.4) is 0 Å². The van der Waals surface area contributed by atoms with Crippen LogP contribution in [0.25, 0.3) is 10.4 Å². The second-order valence-corrected chi connectivity index (χ2v) is 5.24. The molecular weight excluding hydrogens is 260 g/mol. The van der Waals surface area contributed by atoms with Crippen molar-refractivity contribution in [2.45, 2.75) is 19.4 Å². The monoisotopic (exact) mass is 278 g/mol. The minimum atomic E-state index is -0.291. The van der Waals surface area contributed by atoms with E-state index in [4.69, 9.17) is 10.5 Å². The van der Waals surface area contributed by atoms with E-state index in [2.05, 4.69) is 0 Å². The summed E-state index contributed by atoms with van der Waals surface area (Å²) in [6, 6.07) is 3.99. The van der Waals surface area contributed by atoms with E-state index in [-0.39, 0.29) is 5.97 Å². The maximum atomic E-state index is 11.8. The van der Waals surface area contributed by atoms with Crippen LogP contribution < -0.4 is 5.73 Å². The number of esters is 1. The van der Waals surface area contributed by atoms with Crippen molar-refractivity contribution in [1.29, 1.82) is 0 Å². The predicted molar refractivity (Wildman–Crippen MR) is 77.4 cm³/mol. The number of nitrogens with zero attached hydrogens (tertiary/aromatic N) is 1. The molecule has 2 aromatic rings. The highest BCUT2D eigenvalue weighted by atomic mass is 32.1. The van der Waals surface area contributed by atoms with E-state index < -0.39 is 0 Å². The Balaban J connectivity index is 2.27. The smallest absolute Gasteiger partial charge is 0.340 e. The molecule has 0 spiro atoms. The Morgan fingerprint density at radius 2 is 2.26 bits per heavy atom. The van der Waals surface area contributed by atoms with Crippen LogP contribution in [0, 0.1) is 0 Å². The molecule has 4 nitrogen and oxygen atoms in total. The van der Waals surface area contributed by atoms with Gasteiger partial charge in [0.2, 0.25) is 0 Å². The number of rotatable bonds is 6. The largest absolute Gasteiger partial charge is 0.465 e. The third-order valence-electron chi connectivity index (χ3n) is 2.94. The van der Waals surface area contributed by atoms with Gasteiger partial charge >= 0.3 is 5.97 Å². The number of nitrogens with two attached hydrogens (primary N) is 1. The maximum absolute atomic E-state index is 11.8. The van der Waals surface area contributed by atoms with Crippen molar-refractivity contribution in [3.63, 3.8) is 0 Å². The van der Waals surface area contributed by atoms with Gasteiger partial charge in [-0.2, -0.15) is 0 Å². The fraction of sp³-hybridized carbons (Fsp3) is 0.357. The average Bonchev–Trinajstić information content (AvgIpc) is 3.06. The molecule has 0 radical (unpaired) electrons. The maximum Gasteiger partial charge on any atom is 0.340 e. The van der Waals surface area contributed by atoms with Crippen LogP contribution >= 0.6 is 11.3 Å². The first-order valence-electron chi connectivity index (χ1n) is 6.28. The van der Waals surface area contributed by atoms with Gasteiger partial charge in [0.1, 0.15) is 0 Å². The quantitative estimate of drug-likeness (QED) is 0.653. The molecule has 0 amide bonds. The van der Waals surface area contributed by atoms with E-state index in [9.17, 15) is 4.79 Å². The highest BCUT2D eigenvalue weighted by Gasteiger charge is 2.16. The number of unbranched alkanes of at least 4 members (excludes halogenated alkanes) is 1. The van der Waals surface area contributed by atoms with Gasteiger partial charge in [0.25, 0.3) is 0 Å². The summed E-state index contributed by atoms with van der Waals surface area (Å²) in [5.74, 6) is -0.291. The molecule has 2 rings (SSSR count). The molecule has 0 saturated heterocycles. The molecular formula is C14H18N2O2S. The van der Waals surface area contributed by atoms with Crippen molar-refractivity contribution in [2.75, 3.05) is 13.7 Å². The van der Waals surface area contributed by atoms with Crippen LogP contribution in [0.5, 0.6) is 0 Å². The van der Waals surface area contributed by atoms with Crippen LogP contribution in [0.2, 0.25) is 0 Å². The van der Waals surface area contributed by atoms with E-state index in [1.807, 2.05) is 34.5 Å². The molecule has 5 heteroatoms. The summed E-state index contributed by atoms with van der Waals surface area (Å²) in [6.07, 6.45) is 5.86. The number of methoxy groups -OCH3 is 1. The van der Waals surface area contributed by atoms with E-state index in [0.29, 0.717) is 12.1 Å². The molecule has 2 heterocycles. The summed E-state index contributed by atoms with van der Waals surface area (Å²) in [5, 5.41) is 2.00. The first-order valence-corrected chi connectivity index (χ1v) is 7.16. The van der Waals surface area contributed by atoms with Gasteiger partial charge in [-0.25, -0.2) is 4.79 Å². The summed E-state index contributed by atoms with van der Waals surface area (Å²) in [5.41, 5.74) is 7.06. The van der Waals surface area contributed by atoms with Crippen LogP contribution in [-0.4, -0.2) is 24.2 Å². The van der Waals surface area contributed by atoms with Crippen molar-refractivity contribution < 1.29 is 9.53 Å². The summed E-state index contributed by atoms with van der Waals surface area (Å²) in [4.78, 5) is 12.9. The predicted octanol–water partition coefficient (Wildman–Crippen LogP) is 2.74. The lowest BCUT2D eigenvalue weighted by atomic mass is 10.2. The van der Waals surface area contributed by atoms with Gasteiger partial charge in [0, 0.05) is 29.4 Å². The summed E-state index contributed by atoms with van der Waals surface area (Å²) < 4.78 is 6.88. The third kappa shape index (κ3) is 3.24. The van der Waals surface area contributed by atoms with Crippen LogP contribution in [0.15, 0.2) is 29.9 Å². The van der Waals surface area contributed by atoms with Crippen LogP contribution in [0.4, 0.5) is 0 Å². The molecule has 2 aromatic heterocycles. The molecule has 0 aliphatic carbocycles. The fourth-order valence-electron chi connectivity index (χ4n) is 1.98. The molecule has 0 atom stereocenters. The number of hydrogen-bond acceptors (Lipinski definition) is 4. The second kappa shape index (κ2) is 6.54. The Hall–Kier alpha value is -1.59. The summed E-state index contributed by atoms with van der Waals surface area (Å²) in [6.45, 7) is 1.56. The third-order valence-corrected chi connectivity index (χ3v) is 3.85. The first-order chi connectivity index (χ1) is 9.26. The number of carbonyl (C=O) groups excluding carboxylic acids is 1. The lowest BCUT2D eigenvalue weighted by Crippen LogP contribution is -2.03. The van der Waals surface area contributed by atoms with Crippen molar-refractivity contribution in [1.82, 2.24) is 4.57 Å². The van der Waals surface area contributed by atoms with Crippen LogP contribution in [0.1, 0.15) is 23.2 Å². The zero-order valence-corrected chi connectivity index (χ0v) is 11.8. The van der Waals surface area contributed by atoms with Gasteiger partial charge in [-0.3, -0.25) is 0 Å². The topological polar surface area (TPSA) is 57.2 Å². The molecule has 0 bridgehead atoms. The highest BCUT2D eigenvalue weighted by molar-refractivity contribution is 7.13. The SMILES string of the molecule is COC(=O)c1cn(CCCCN)cc1-c1cccs1. The zero-order chi connectivity index (χ0) is 13.7. The van der Waals surface area contributed by atoms with Gasteiger partial charge in [0.05, 0.1) is 12.7 Å². The normalized spacial score (nSPS) is 10.6. The molecule has 102 valence electrons. The lowest BCUT2D eigenvalue weighted by molar-refractivity contribution is 0.0601. The van der Waals surface area contributed by atoms with Gasteiger partial charge in [-0.05, 0) is 30.8 Å².